The standard InChI is InChI=1S/C30H32N4O6/c1-34-13-11-29-15-20(35)8-10-30(29,40)23(34)14-19-6-7-21(25(36)24(19)29)26(37)31-12-9-17-2-4-18(5-3-17)22-16-32-28(39)33-27(22)38/h2-7,16,23,36,40H,8-15H2,1H3,(H,31,37)(H2,32,33,38,39)/t23-,29?,30-/m1/s1. The van der Waals surface area contributed by atoms with Crippen LogP contribution in [-0.4, -0.2) is 78.8 Å². The summed E-state index contributed by atoms with van der Waals surface area (Å²) in [6.07, 6.45) is 3.81. The van der Waals surface area contributed by atoms with Gasteiger partial charge in [0, 0.05) is 42.6 Å². The molecule has 1 saturated heterocycles. The van der Waals surface area contributed by atoms with E-state index in [0.717, 1.165) is 11.1 Å². The fourth-order valence-corrected chi connectivity index (χ4v) is 7.14. The second-order valence-electron chi connectivity index (χ2n) is 11.3. The Morgan fingerprint density at radius 3 is 2.65 bits per heavy atom. The third kappa shape index (κ3) is 4.01. The van der Waals surface area contributed by atoms with Crippen LogP contribution in [0.25, 0.3) is 11.1 Å². The highest BCUT2D eigenvalue weighted by atomic mass is 16.3. The average Bonchev–Trinajstić information content (AvgIpc) is 2.92. The van der Waals surface area contributed by atoms with Crippen LogP contribution in [0.15, 0.2) is 42.6 Å². The van der Waals surface area contributed by atoms with Crippen LogP contribution in [0.2, 0.25) is 0 Å². The topological polar surface area (TPSA) is 156 Å². The molecule has 10 nitrogen and oxygen atoms in total. The normalized spacial score (nSPS) is 25.6. The third-order valence-electron chi connectivity index (χ3n) is 9.21. The van der Waals surface area contributed by atoms with Crippen molar-refractivity contribution >= 4 is 11.7 Å². The SMILES string of the molecule is CN1CCC23CC(=O)CC[C@@]2(O)[C@H]1Cc1ccc(C(=O)NCCc2ccc(-c4cnc(O)nc4O)cc2)c(O)c13. The van der Waals surface area contributed by atoms with Gasteiger partial charge in [0.25, 0.3) is 5.91 Å². The molecule has 3 aliphatic rings. The molecular weight excluding hydrogens is 512 g/mol. The van der Waals surface area contributed by atoms with E-state index >= 15 is 0 Å². The molecule has 1 saturated carbocycles. The lowest BCUT2D eigenvalue weighted by Crippen LogP contribution is -2.72. The summed E-state index contributed by atoms with van der Waals surface area (Å²) in [4.78, 5) is 35.3. The summed E-state index contributed by atoms with van der Waals surface area (Å²) >= 11 is 0. The van der Waals surface area contributed by atoms with Crippen molar-refractivity contribution < 1.29 is 30.0 Å². The fourth-order valence-electron chi connectivity index (χ4n) is 7.14. The molecule has 1 unspecified atom stereocenters. The first-order chi connectivity index (χ1) is 19.1. The predicted molar refractivity (Wildman–Crippen MR) is 145 cm³/mol. The Labute approximate surface area is 231 Å². The lowest BCUT2D eigenvalue weighted by molar-refractivity contribution is -0.169. The van der Waals surface area contributed by atoms with E-state index in [1.165, 1.54) is 6.20 Å². The molecule has 2 bridgehead atoms. The quantitative estimate of drug-likeness (QED) is 0.325. The number of Topliss-reactive ketones (excluding diaryl/α,β-unsaturated/α-hetero) is 1. The number of aromatic nitrogens is 2. The van der Waals surface area contributed by atoms with Crippen LogP contribution in [0.1, 0.15) is 52.7 Å². The van der Waals surface area contributed by atoms with Gasteiger partial charge < -0.3 is 30.6 Å². The van der Waals surface area contributed by atoms with Gasteiger partial charge in [-0.3, -0.25) is 9.59 Å². The molecule has 2 aromatic carbocycles. The largest absolute Gasteiger partial charge is 0.507 e. The number of phenols is 1. The number of ketones is 1. The Hall–Kier alpha value is -4.02. The summed E-state index contributed by atoms with van der Waals surface area (Å²) in [5, 5.41) is 45.6. The summed E-state index contributed by atoms with van der Waals surface area (Å²) in [7, 11) is 1.99. The van der Waals surface area contributed by atoms with Gasteiger partial charge in [-0.2, -0.15) is 4.98 Å². The van der Waals surface area contributed by atoms with E-state index in [0.29, 0.717) is 61.9 Å². The maximum atomic E-state index is 13.2. The molecule has 2 fully saturated rings. The van der Waals surface area contributed by atoms with E-state index < -0.39 is 22.9 Å². The van der Waals surface area contributed by atoms with E-state index in [9.17, 15) is 30.0 Å². The summed E-state index contributed by atoms with van der Waals surface area (Å²) in [5.41, 5.74) is 1.58. The highest BCUT2D eigenvalue weighted by Gasteiger charge is 2.65. The molecule has 0 spiro atoms. The van der Waals surface area contributed by atoms with Crippen molar-refractivity contribution in [1.29, 1.82) is 0 Å². The summed E-state index contributed by atoms with van der Waals surface area (Å²) in [6, 6.07) is 10.2. The molecule has 40 heavy (non-hydrogen) atoms. The molecule has 2 heterocycles. The molecule has 1 aliphatic heterocycles. The first-order valence-corrected chi connectivity index (χ1v) is 13.5. The molecule has 3 aromatic rings. The molecule has 1 amide bonds. The zero-order chi connectivity index (χ0) is 28.2. The number of rotatable bonds is 5. The molecular formula is C30H32N4O6. The van der Waals surface area contributed by atoms with Gasteiger partial charge in [-0.1, -0.05) is 30.3 Å². The second kappa shape index (κ2) is 9.57. The molecule has 1 aromatic heterocycles. The summed E-state index contributed by atoms with van der Waals surface area (Å²) < 4.78 is 0. The molecule has 0 radical (unpaired) electrons. The summed E-state index contributed by atoms with van der Waals surface area (Å²) in [5.74, 6) is -0.787. The van der Waals surface area contributed by atoms with Gasteiger partial charge in [0.1, 0.15) is 11.5 Å². The number of aliphatic hydroxyl groups is 1. The van der Waals surface area contributed by atoms with Crippen molar-refractivity contribution in [2.24, 2.45) is 0 Å². The Balaban J connectivity index is 1.20. The molecule has 2 aliphatic carbocycles. The van der Waals surface area contributed by atoms with Crippen LogP contribution >= 0.6 is 0 Å². The lowest BCUT2D eigenvalue weighted by atomic mass is 9.49. The Morgan fingerprint density at radius 2 is 1.90 bits per heavy atom. The highest BCUT2D eigenvalue weighted by molar-refractivity contribution is 5.98. The van der Waals surface area contributed by atoms with E-state index in [2.05, 4.69) is 20.2 Å². The van der Waals surface area contributed by atoms with Gasteiger partial charge in [-0.15, -0.1) is 0 Å². The Morgan fingerprint density at radius 1 is 1.12 bits per heavy atom. The van der Waals surface area contributed by atoms with Crippen LogP contribution in [0.3, 0.4) is 0 Å². The number of likely N-dealkylation sites (N-methyl/N-ethyl adjacent to an activating group) is 1. The van der Waals surface area contributed by atoms with E-state index in [-0.39, 0.29) is 35.4 Å². The molecule has 208 valence electrons. The maximum Gasteiger partial charge on any atom is 0.317 e. The lowest BCUT2D eigenvalue weighted by Gasteiger charge is -2.62. The number of carbonyl (C=O) groups excluding carboxylic acids is 2. The summed E-state index contributed by atoms with van der Waals surface area (Å²) in [6.45, 7) is 1.02. The number of hydrogen-bond acceptors (Lipinski definition) is 9. The number of amides is 1. The number of nitrogens with one attached hydrogen (secondary N) is 1. The minimum absolute atomic E-state index is 0.0780. The van der Waals surface area contributed by atoms with Gasteiger partial charge in [0.05, 0.1) is 16.7 Å². The minimum Gasteiger partial charge on any atom is -0.507 e. The number of phenolic OH excluding ortho intramolecular Hbond substituents is 1. The molecule has 6 rings (SSSR count). The molecule has 10 heteroatoms. The minimum atomic E-state index is -1.14. The van der Waals surface area contributed by atoms with E-state index in [1.54, 1.807) is 18.2 Å². The van der Waals surface area contributed by atoms with Crippen molar-refractivity contribution in [3.8, 4) is 28.8 Å². The zero-order valence-electron chi connectivity index (χ0n) is 22.2. The third-order valence-corrected chi connectivity index (χ3v) is 9.21. The number of fused-ring (bicyclic) bond motifs is 1. The average molecular weight is 545 g/mol. The van der Waals surface area contributed by atoms with Crippen LogP contribution in [0, 0.1) is 0 Å². The first-order valence-electron chi connectivity index (χ1n) is 13.5. The van der Waals surface area contributed by atoms with Crippen molar-refractivity contribution in [2.45, 2.75) is 55.6 Å². The van der Waals surface area contributed by atoms with Crippen LogP contribution in [-0.2, 0) is 23.1 Å². The predicted octanol–water partition coefficient (Wildman–Crippen LogP) is 2.22. The number of piperidine rings is 1. The van der Waals surface area contributed by atoms with Crippen molar-refractivity contribution in [2.75, 3.05) is 20.1 Å². The molecule has 3 atom stereocenters. The van der Waals surface area contributed by atoms with Crippen molar-refractivity contribution in [3.05, 3.63) is 64.8 Å². The van der Waals surface area contributed by atoms with Crippen LogP contribution < -0.4 is 5.32 Å². The Bertz CT molecular complexity index is 1510. The smallest absolute Gasteiger partial charge is 0.317 e. The van der Waals surface area contributed by atoms with Crippen molar-refractivity contribution in [1.82, 2.24) is 20.2 Å². The van der Waals surface area contributed by atoms with E-state index in [1.807, 2.05) is 25.2 Å². The van der Waals surface area contributed by atoms with Gasteiger partial charge in [-0.05, 0) is 62.0 Å². The van der Waals surface area contributed by atoms with Gasteiger partial charge >= 0.3 is 6.01 Å². The maximum absolute atomic E-state index is 13.2. The molecule has 5 N–H and O–H groups in total. The Kier molecular flexibility index (Phi) is 6.27. The second-order valence-corrected chi connectivity index (χ2v) is 11.3. The zero-order valence-corrected chi connectivity index (χ0v) is 22.2. The number of aromatic hydroxyl groups is 3. The van der Waals surface area contributed by atoms with Gasteiger partial charge in [0.2, 0.25) is 5.88 Å². The number of benzene rings is 2. The van der Waals surface area contributed by atoms with E-state index in [4.69, 9.17) is 0 Å². The fraction of sp³-hybridized carbons (Fsp3) is 0.400. The van der Waals surface area contributed by atoms with Gasteiger partial charge in [0.15, 0.2) is 0 Å². The first kappa shape index (κ1) is 26.2. The highest BCUT2D eigenvalue weighted by Crippen LogP contribution is 2.59. The van der Waals surface area contributed by atoms with Crippen LogP contribution in [0.4, 0.5) is 0 Å². The number of nitrogens with zero attached hydrogens (tertiary/aromatic N) is 3. The monoisotopic (exact) mass is 544 g/mol. The van der Waals surface area contributed by atoms with Crippen LogP contribution in [0.5, 0.6) is 17.6 Å². The number of likely N-dealkylation sites (tertiary alicyclic amines) is 1. The number of hydrogen-bond donors (Lipinski definition) is 5. The van der Waals surface area contributed by atoms with Crippen molar-refractivity contribution in [3.63, 3.8) is 0 Å². The van der Waals surface area contributed by atoms with Gasteiger partial charge in [-0.25, -0.2) is 4.98 Å². The number of carbonyl (C=O) groups is 2.